The Morgan fingerprint density at radius 1 is 1.38 bits per heavy atom. The molecule has 1 aromatic carbocycles. The van der Waals surface area contributed by atoms with Gasteiger partial charge in [-0.15, -0.1) is 0 Å². The Labute approximate surface area is 137 Å². The van der Waals surface area contributed by atoms with Gasteiger partial charge in [-0.05, 0) is 37.0 Å². The van der Waals surface area contributed by atoms with Crippen molar-refractivity contribution in [1.29, 1.82) is 0 Å². The highest BCUT2D eigenvalue weighted by Gasteiger charge is 2.34. The number of rotatable bonds is 2. The molecule has 0 radical (unpaired) electrons. The largest absolute Gasteiger partial charge is 0.417 e. The first-order valence-corrected chi connectivity index (χ1v) is 8.46. The zero-order valence-corrected chi connectivity index (χ0v) is 14.3. The van der Waals surface area contributed by atoms with Crippen molar-refractivity contribution in [2.24, 2.45) is 5.92 Å². The summed E-state index contributed by atoms with van der Waals surface area (Å²) < 4.78 is 38.6. The molecule has 1 aromatic rings. The number of alkyl halides is 4. The van der Waals surface area contributed by atoms with Crippen LogP contribution in [0, 0.1) is 5.92 Å². The minimum Gasteiger partial charge on any atom is -0.338 e. The molecule has 1 heterocycles. The van der Waals surface area contributed by atoms with Crippen LogP contribution in [0.15, 0.2) is 22.7 Å². The first-order chi connectivity index (χ1) is 9.82. The summed E-state index contributed by atoms with van der Waals surface area (Å²) in [6, 6.07) is 3.63. The zero-order chi connectivity index (χ0) is 15.6. The highest BCUT2D eigenvalue weighted by molar-refractivity contribution is 9.10. The van der Waals surface area contributed by atoms with Gasteiger partial charge >= 0.3 is 6.18 Å². The maximum atomic E-state index is 12.9. The summed E-state index contributed by atoms with van der Waals surface area (Å²) in [5, 5.41) is 0.797. The molecule has 1 atom stereocenters. The summed E-state index contributed by atoms with van der Waals surface area (Å²) >= 11 is 6.28. The third-order valence-electron chi connectivity index (χ3n) is 3.54. The number of hydrogen-bond donors (Lipinski definition) is 0. The van der Waals surface area contributed by atoms with E-state index in [1.807, 2.05) is 0 Å². The minimum absolute atomic E-state index is 0.0523. The lowest BCUT2D eigenvalue weighted by atomic mass is 9.99. The van der Waals surface area contributed by atoms with Gasteiger partial charge in [0.15, 0.2) is 0 Å². The highest BCUT2D eigenvalue weighted by atomic mass is 79.9. The summed E-state index contributed by atoms with van der Waals surface area (Å²) in [6.45, 7) is 1.18. The van der Waals surface area contributed by atoms with Gasteiger partial charge in [0, 0.05) is 28.5 Å². The molecule has 1 fully saturated rings. The molecule has 0 N–H and O–H groups in total. The lowest BCUT2D eigenvalue weighted by Gasteiger charge is -2.32. The number of likely N-dealkylation sites (tertiary alicyclic amines) is 1. The van der Waals surface area contributed by atoms with E-state index in [1.165, 1.54) is 12.1 Å². The van der Waals surface area contributed by atoms with Crippen molar-refractivity contribution in [3.05, 3.63) is 33.8 Å². The van der Waals surface area contributed by atoms with E-state index in [2.05, 4.69) is 31.9 Å². The predicted molar refractivity (Wildman–Crippen MR) is 81.6 cm³/mol. The van der Waals surface area contributed by atoms with E-state index >= 15 is 0 Å². The van der Waals surface area contributed by atoms with Crippen molar-refractivity contribution >= 4 is 37.8 Å². The molecule has 0 bridgehead atoms. The van der Waals surface area contributed by atoms with E-state index in [0.717, 1.165) is 24.2 Å². The van der Waals surface area contributed by atoms with Gasteiger partial charge in [-0.3, -0.25) is 4.79 Å². The molecule has 0 spiro atoms. The number of carbonyl (C=O) groups excluding carboxylic acids is 1. The molecule has 1 aliphatic rings. The molecular formula is C14H14Br2F3NO. The van der Waals surface area contributed by atoms with Crippen molar-refractivity contribution in [2.75, 3.05) is 18.4 Å². The highest BCUT2D eigenvalue weighted by Crippen LogP contribution is 2.35. The Morgan fingerprint density at radius 2 is 2.10 bits per heavy atom. The summed E-state index contributed by atoms with van der Waals surface area (Å²) in [7, 11) is 0. The molecule has 1 saturated heterocycles. The van der Waals surface area contributed by atoms with Crippen LogP contribution in [0.2, 0.25) is 0 Å². The van der Waals surface area contributed by atoms with Gasteiger partial charge in [0.1, 0.15) is 0 Å². The predicted octanol–water partition coefficient (Wildman–Crippen LogP) is 4.72. The number of nitrogens with zero attached hydrogens (tertiary/aromatic N) is 1. The Balaban J connectivity index is 2.23. The molecule has 2 rings (SSSR count). The van der Waals surface area contributed by atoms with E-state index in [4.69, 9.17) is 0 Å². The lowest BCUT2D eigenvalue weighted by Crippen LogP contribution is -2.40. The number of carbonyl (C=O) groups is 1. The summed E-state index contributed by atoms with van der Waals surface area (Å²) in [6.07, 6.45) is -2.57. The molecule has 2 nitrogen and oxygen atoms in total. The fourth-order valence-electron chi connectivity index (χ4n) is 2.43. The Kier molecular flexibility index (Phi) is 5.35. The summed E-state index contributed by atoms with van der Waals surface area (Å²) in [5.74, 6) is 0.0267. The van der Waals surface area contributed by atoms with Crippen molar-refractivity contribution in [2.45, 2.75) is 19.0 Å². The molecular weight excluding hydrogens is 415 g/mol. The van der Waals surface area contributed by atoms with Crippen LogP contribution in [0.5, 0.6) is 0 Å². The maximum absolute atomic E-state index is 12.9. The molecule has 116 valence electrons. The van der Waals surface area contributed by atoms with Gasteiger partial charge in [-0.2, -0.15) is 13.2 Å². The fourth-order valence-corrected chi connectivity index (χ4v) is 3.43. The molecule has 1 unspecified atom stereocenters. The van der Waals surface area contributed by atoms with Gasteiger partial charge in [0.25, 0.3) is 5.91 Å². The third kappa shape index (κ3) is 4.00. The van der Waals surface area contributed by atoms with Crippen molar-refractivity contribution in [1.82, 2.24) is 4.90 Å². The third-order valence-corrected chi connectivity index (χ3v) is 5.15. The quantitative estimate of drug-likeness (QED) is 0.624. The van der Waals surface area contributed by atoms with Gasteiger partial charge in [0.2, 0.25) is 0 Å². The normalized spacial score (nSPS) is 19.7. The maximum Gasteiger partial charge on any atom is 0.417 e. The van der Waals surface area contributed by atoms with Crippen LogP contribution >= 0.6 is 31.9 Å². The van der Waals surface area contributed by atoms with Gasteiger partial charge in [0.05, 0.1) is 5.56 Å². The topological polar surface area (TPSA) is 20.3 Å². The molecule has 7 heteroatoms. The summed E-state index contributed by atoms with van der Waals surface area (Å²) in [4.78, 5) is 14.0. The number of hydrogen-bond acceptors (Lipinski definition) is 1. The number of benzene rings is 1. The van der Waals surface area contributed by atoms with Crippen molar-refractivity contribution in [3.63, 3.8) is 0 Å². The van der Waals surface area contributed by atoms with Gasteiger partial charge < -0.3 is 4.90 Å². The zero-order valence-electron chi connectivity index (χ0n) is 11.1. The van der Waals surface area contributed by atoms with Crippen LogP contribution in [0.4, 0.5) is 13.2 Å². The van der Waals surface area contributed by atoms with E-state index in [0.29, 0.717) is 19.0 Å². The Hall–Kier alpha value is -0.560. The minimum atomic E-state index is -4.48. The second kappa shape index (κ2) is 6.69. The second-order valence-corrected chi connectivity index (χ2v) is 6.61. The van der Waals surface area contributed by atoms with Crippen molar-refractivity contribution < 1.29 is 18.0 Å². The number of halogens is 5. The van der Waals surface area contributed by atoms with E-state index in [9.17, 15) is 18.0 Å². The Bertz CT molecular complexity index is 533. The molecule has 1 aliphatic heterocycles. The lowest BCUT2D eigenvalue weighted by molar-refractivity contribution is -0.138. The first kappa shape index (κ1) is 16.8. The average molecular weight is 429 g/mol. The SMILES string of the molecule is O=C(c1ccc(Br)c(C(F)(F)F)c1)N1CCCC(CBr)C1. The van der Waals surface area contributed by atoms with Crippen LogP contribution in [0.1, 0.15) is 28.8 Å². The molecule has 1 amide bonds. The van der Waals surface area contributed by atoms with Gasteiger partial charge in [-0.1, -0.05) is 31.9 Å². The first-order valence-electron chi connectivity index (χ1n) is 6.55. The number of amides is 1. The van der Waals surface area contributed by atoms with Crippen LogP contribution in [-0.2, 0) is 6.18 Å². The second-order valence-electron chi connectivity index (χ2n) is 5.11. The van der Waals surface area contributed by atoms with E-state index in [1.54, 1.807) is 4.90 Å². The van der Waals surface area contributed by atoms with Crippen molar-refractivity contribution in [3.8, 4) is 0 Å². The molecule has 21 heavy (non-hydrogen) atoms. The smallest absolute Gasteiger partial charge is 0.338 e. The summed E-state index contributed by atoms with van der Waals surface area (Å²) in [5.41, 5.74) is -0.733. The fraction of sp³-hybridized carbons (Fsp3) is 0.500. The molecule has 0 aliphatic carbocycles. The van der Waals surface area contributed by atoms with Gasteiger partial charge in [-0.25, -0.2) is 0 Å². The van der Waals surface area contributed by atoms with Crippen LogP contribution in [0.3, 0.4) is 0 Å². The monoisotopic (exact) mass is 427 g/mol. The standard InChI is InChI=1S/C14H14Br2F3NO/c15-7-9-2-1-5-20(8-9)13(21)10-3-4-12(16)11(6-10)14(17,18)19/h3-4,6,9H,1-2,5,7-8H2. The van der Waals surface area contributed by atoms with E-state index < -0.39 is 11.7 Å². The van der Waals surface area contributed by atoms with Crippen LogP contribution in [-0.4, -0.2) is 29.2 Å². The number of piperidine rings is 1. The average Bonchev–Trinajstić information content (AvgIpc) is 2.46. The Morgan fingerprint density at radius 3 is 2.71 bits per heavy atom. The molecule has 0 aromatic heterocycles. The molecule has 0 saturated carbocycles. The van der Waals surface area contributed by atoms with Crippen LogP contribution < -0.4 is 0 Å². The van der Waals surface area contributed by atoms with E-state index in [-0.39, 0.29) is 15.9 Å². The van der Waals surface area contributed by atoms with Crippen LogP contribution in [0.25, 0.3) is 0 Å².